The first-order valence-electron chi connectivity index (χ1n) is 12.2. The van der Waals surface area contributed by atoms with Crippen LogP contribution in [0.2, 0.25) is 0 Å². The zero-order chi connectivity index (χ0) is 25.2. The molecule has 1 amide bonds. The van der Waals surface area contributed by atoms with E-state index in [0.717, 1.165) is 29.9 Å². The summed E-state index contributed by atoms with van der Waals surface area (Å²) in [5.41, 5.74) is 8.38. The highest BCUT2D eigenvalue weighted by molar-refractivity contribution is 5.94. The van der Waals surface area contributed by atoms with Crippen LogP contribution in [0.15, 0.2) is 85.3 Å². The Kier molecular flexibility index (Phi) is 5.94. The number of carbonyl (C=O) groups is 1. The molecule has 0 unspecified atom stereocenters. The van der Waals surface area contributed by atoms with E-state index in [1.54, 1.807) is 30.7 Å². The van der Waals surface area contributed by atoms with Crippen LogP contribution >= 0.6 is 0 Å². The van der Waals surface area contributed by atoms with Gasteiger partial charge in [-0.2, -0.15) is 5.10 Å². The number of fused-ring (bicyclic) bond motifs is 1. The van der Waals surface area contributed by atoms with Crippen LogP contribution in [0.5, 0.6) is 11.5 Å². The van der Waals surface area contributed by atoms with Crippen molar-refractivity contribution in [1.82, 2.24) is 29.6 Å². The Morgan fingerprint density at radius 3 is 2.54 bits per heavy atom. The number of anilines is 1. The van der Waals surface area contributed by atoms with E-state index in [9.17, 15) is 4.79 Å². The fourth-order valence-corrected chi connectivity index (χ4v) is 4.65. The molecule has 184 valence electrons. The van der Waals surface area contributed by atoms with Crippen LogP contribution in [-0.4, -0.2) is 48.6 Å². The van der Waals surface area contributed by atoms with Gasteiger partial charge in [-0.1, -0.05) is 18.2 Å². The number of nitrogens with two attached hydrogens (primary N) is 1. The monoisotopic (exact) mass is 491 g/mol. The van der Waals surface area contributed by atoms with Crippen LogP contribution in [0.4, 0.5) is 5.82 Å². The number of hydrogen-bond acceptors (Lipinski definition) is 7. The van der Waals surface area contributed by atoms with E-state index in [0.29, 0.717) is 41.3 Å². The van der Waals surface area contributed by atoms with Gasteiger partial charge in [-0.15, -0.1) is 0 Å². The van der Waals surface area contributed by atoms with Crippen LogP contribution in [0.3, 0.4) is 0 Å². The molecule has 0 saturated carbocycles. The maximum atomic E-state index is 13.0. The minimum absolute atomic E-state index is 0.0179. The molecule has 0 spiro atoms. The van der Waals surface area contributed by atoms with Gasteiger partial charge in [-0.05, 0) is 61.4 Å². The minimum atomic E-state index is -0.0260. The average molecular weight is 492 g/mol. The van der Waals surface area contributed by atoms with Crippen molar-refractivity contribution in [3.8, 4) is 22.9 Å². The number of likely N-dealkylation sites (tertiary alicyclic amines) is 1. The van der Waals surface area contributed by atoms with Crippen molar-refractivity contribution in [1.29, 1.82) is 0 Å². The number of nitrogen functional groups attached to an aromatic ring is 1. The highest BCUT2D eigenvalue weighted by atomic mass is 16.5. The molecule has 1 aliphatic rings. The molecule has 1 saturated heterocycles. The Balaban J connectivity index is 1.27. The van der Waals surface area contributed by atoms with Crippen molar-refractivity contribution in [3.05, 3.63) is 90.9 Å². The number of aromatic nitrogens is 5. The summed E-state index contributed by atoms with van der Waals surface area (Å²) in [7, 11) is 0. The lowest BCUT2D eigenvalue weighted by Crippen LogP contribution is -2.41. The summed E-state index contributed by atoms with van der Waals surface area (Å²) in [6.07, 6.45) is 6.72. The molecular weight excluding hydrogens is 466 g/mol. The Bertz CT molecular complexity index is 1540. The van der Waals surface area contributed by atoms with Crippen molar-refractivity contribution in [3.63, 3.8) is 0 Å². The number of rotatable bonds is 5. The Morgan fingerprint density at radius 2 is 1.76 bits per heavy atom. The molecule has 0 radical (unpaired) electrons. The zero-order valence-corrected chi connectivity index (χ0v) is 20.1. The second-order valence-corrected chi connectivity index (χ2v) is 8.99. The Hall–Kier alpha value is -4.79. The number of pyridine rings is 1. The Labute approximate surface area is 213 Å². The molecule has 5 aromatic rings. The van der Waals surface area contributed by atoms with E-state index in [4.69, 9.17) is 15.5 Å². The van der Waals surface area contributed by atoms with Gasteiger partial charge in [0.05, 0.1) is 23.2 Å². The third kappa shape index (κ3) is 4.58. The van der Waals surface area contributed by atoms with Gasteiger partial charge in [0.2, 0.25) is 0 Å². The van der Waals surface area contributed by atoms with Crippen LogP contribution in [-0.2, 0) is 0 Å². The first-order valence-corrected chi connectivity index (χ1v) is 12.2. The molecule has 4 heterocycles. The lowest BCUT2D eigenvalue weighted by Gasteiger charge is -2.33. The van der Waals surface area contributed by atoms with E-state index in [2.05, 4.69) is 15.1 Å². The largest absolute Gasteiger partial charge is 0.457 e. The van der Waals surface area contributed by atoms with Gasteiger partial charge < -0.3 is 15.4 Å². The van der Waals surface area contributed by atoms with Gasteiger partial charge >= 0.3 is 0 Å². The van der Waals surface area contributed by atoms with Gasteiger partial charge in [0.1, 0.15) is 17.3 Å². The van der Waals surface area contributed by atoms with Gasteiger partial charge in [0, 0.05) is 31.0 Å². The molecule has 0 aliphatic carbocycles. The number of amides is 1. The summed E-state index contributed by atoms with van der Waals surface area (Å²) in [5, 5.41) is 5.30. The van der Waals surface area contributed by atoms with E-state index in [1.807, 2.05) is 64.2 Å². The maximum Gasteiger partial charge on any atom is 0.255 e. The molecule has 3 aromatic heterocycles. The summed E-state index contributed by atoms with van der Waals surface area (Å²) in [4.78, 5) is 28.3. The van der Waals surface area contributed by atoms with Crippen LogP contribution in [0.25, 0.3) is 22.4 Å². The SMILES string of the molecule is Nc1nc(-c2ccc(Oc3ccccc3)cc2)nc2c1cnn2[C@@H]1CCCN(C(=O)c2cccnc2)C1. The first kappa shape index (κ1) is 22.7. The molecule has 2 aromatic carbocycles. The average Bonchev–Trinajstić information content (AvgIpc) is 3.39. The molecule has 1 aliphatic heterocycles. The molecule has 0 bridgehead atoms. The Morgan fingerprint density at radius 1 is 0.946 bits per heavy atom. The van der Waals surface area contributed by atoms with Crippen LogP contribution < -0.4 is 10.5 Å². The van der Waals surface area contributed by atoms with Crippen LogP contribution in [0, 0.1) is 0 Å². The molecule has 1 fully saturated rings. The topological polar surface area (TPSA) is 112 Å². The van der Waals surface area contributed by atoms with Crippen molar-refractivity contribution in [2.75, 3.05) is 18.8 Å². The van der Waals surface area contributed by atoms with E-state index < -0.39 is 0 Å². The highest BCUT2D eigenvalue weighted by Crippen LogP contribution is 2.30. The van der Waals surface area contributed by atoms with Gasteiger partial charge in [0.15, 0.2) is 11.5 Å². The number of nitrogens with zero attached hydrogens (tertiary/aromatic N) is 6. The van der Waals surface area contributed by atoms with Gasteiger partial charge in [0.25, 0.3) is 5.91 Å². The predicted octanol–water partition coefficient (Wildman–Crippen LogP) is 4.74. The first-order chi connectivity index (χ1) is 18.2. The third-order valence-electron chi connectivity index (χ3n) is 6.51. The van der Waals surface area contributed by atoms with E-state index in [1.165, 1.54) is 0 Å². The smallest absolute Gasteiger partial charge is 0.255 e. The lowest BCUT2D eigenvalue weighted by molar-refractivity contribution is 0.0674. The molecule has 9 nitrogen and oxygen atoms in total. The van der Waals surface area contributed by atoms with Gasteiger partial charge in [-0.3, -0.25) is 9.78 Å². The van der Waals surface area contributed by atoms with Gasteiger partial charge in [-0.25, -0.2) is 14.6 Å². The molecule has 37 heavy (non-hydrogen) atoms. The maximum absolute atomic E-state index is 13.0. The quantitative estimate of drug-likeness (QED) is 0.378. The summed E-state index contributed by atoms with van der Waals surface area (Å²) < 4.78 is 7.78. The second kappa shape index (κ2) is 9.69. The summed E-state index contributed by atoms with van der Waals surface area (Å²) in [6.45, 7) is 1.23. The molecule has 6 rings (SSSR count). The van der Waals surface area contributed by atoms with E-state index in [-0.39, 0.29) is 11.9 Å². The normalized spacial score (nSPS) is 15.6. The molecular formula is C28H25N7O2. The fraction of sp³-hybridized carbons (Fsp3) is 0.179. The number of para-hydroxylation sites is 1. The number of ether oxygens (including phenoxy) is 1. The standard InChI is InChI=1S/C28H25N7O2/c29-25-24-17-31-35(21-7-5-15-34(18-21)28(36)20-6-4-14-30-16-20)27(24)33-26(32-25)19-10-12-23(13-11-19)37-22-8-2-1-3-9-22/h1-4,6,8-14,16-17,21H,5,7,15,18H2,(H2,29,32,33)/t21-/m1/s1. The second-order valence-electron chi connectivity index (χ2n) is 8.99. The number of piperidine rings is 1. The number of hydrogen-bond donors (Lipinski definition) is 1. The third-order valence-corrected chi connectivity index (χ3v) is 6.51. The molecule has 2 N–H and O–H groups in total. The lowest BCUT2D eigenvalue weighted by atomic mass is 10.0. The number of benzene rings is 2. The van der Waals surface area contributed by atoms with E-state index >= 15 is 0 Å². The predicted molar refractivity (Wildman–Crippen MR) is 140 cm³/mol. The molecule has 1 atom stereocenters. The summed E-state index contributed by atoms with van der Waals surface area (Å²) >= 11 is 0. The summed E-state index contributed by atoms with van der Waals surface area (Å²) in [6, 6.07) is 20.8. The van der Waals surface area contributed by atoms with Crippen molar-refractivity contribution < 1.29 is 9.53 Å². The minimum Gasteiger partial charge on any atom is -0.457 e. The van der Waals surface area contributed by atoms with Crippen molar-refractivity contribution in [2.24, 2.45) is 0 Å². The van der Waals surface area contributed by atoms with Crippen molar-refractivity contribution in [2.45, 2.75) is 18.9 Å². The molecule has 9 heteroatoms. The fourth-order valence-electron chi connectivity index (χ4n) is 4.65. The van der Waals surface area contributed by atoms with Crippen LogP contribution in [0.1, 0.15) is 29.2 Å². The van der Waals surface area contributed by atoms with Crippen molar-refractivity contribution >= 4 is 22.8 Å². The zero-order valence-electron chi connectivity index (χ0n) is 20.1. The highest BCUT2D eigenvalue weighted by Gasteiger charge is 2.28. The summed E-state index contributed by atoms with van der Waals surface area (Å²) in [5.74, 6) is 2.34. The number of carbonyl (C=O) groups excluding carboxylic acids is 1.